The van der Waals surface area contributed by atoms with Gasteiger partial charge < -0.3 is 9.84 Å². The minimum atomic E-state index is 0.164. The summed E-state index contributed by atoms with van der Waals surface area (Å²) in [4.78, 5) is 1.24. The van der Waals surface area contributed by atoms with E-state index in [4.69, 9.17) is 4.74 Å². The van der Waals surface area contributed by atoms with Crippen LogP contribution in [-0.2, 0) is 0 Å². The van der Waals surface area contributed by atoms with E-state index in [-0.39, 0.29) is 5.75 Å². The SMILES string of the molecule is COc1cc(-c2ccc(SC)cc2)ccc1O. The molecule has 1 N–H and O–H groups in total. The number of ether oxygens (including phenoxy) is 1. The van der Waals surface area contributed by atoms with Crippen LogP contribution in [0.15, 0.2) is 47.4 Å². The van der Waals surface area contributed by atoms with E-state index in [1.807, 2.05) is 12.1 Å². The lowest BCUT2D eigenvalue weighted by Gasteiger charge is -2.07. The minimum Gasteiger partial charge on any atom is -0.504 e. The van der Waals surface area contributed by atoms with Gasteiger partial charge in [0.2, 0.25) is 0 Å². The lowest BCUT2D eigenvalue weighted by atomic mass is 10.1. The molecule has 2 rings (SSSR count). The predicted octanol–water partition coefficient (Wildman–Crippen LogP) is 3.79. The summed E-state index contributed by atoms with van der Waals surface area (Å²) < 4.78 is 5.10. The fourth-order valence-electron chi connectivity index (χ4n) is 1.64. The van der Waals surface area contributed by atoms with Crippen molar-refractivity contribution < 1.29 is 9.84 Å². The zero-order valence-corrected chi connectivity index (χ0v) is 10.6. The third kappa shape index (κ3) is 2.56. The van der Waals surface area contributed by atoms with Crippen LogP contribution >= 0.6 is 11.8 Å². The second-order valence-corrected chi connectivity index (χ2v) is 4.49. The van der Waals surface area contributed by atoms with Gasteiger partial charge in [-0.2, -0.15) is 0 Å². The quantitative estimate of drug-likeness (QED) is 0.835. The third-order valence-corrected chi connectivity index (χ3v) is 3.35. The molecular weight excluding hydrogens is 232 g/mol. The molecule has 2 nitrogen and oxygen atoms in total. The average Bonchev–Trinajstić information content (AvgIpc) is 2.39. The lowest BCUT2D eigenvalue weighted by molar-refractivity contribution is 0.373. The molecule has 88 valence electrons. The Labute approximate surface area is 105 Å². The summed E-state index contributed by atoms with van der Waals surface area (Å²) in [5.74, 6) is 0.661. The molecule has 0 aliphatic rings. The maximum Gasteiger partial charge on any atom is 0.161 e. The summed E-state index contributed by atoms with van der Waals surface area (Å²) >= 11 is 1.72. The standard InChI is InChI=1S/C14H14O2S/c1-16-14-9-11(5-8-13(14)15)10-3-6-12(17-2)7-4-10/h3-9,15H,1-2H3. The minimum absolute atomic E-state index is 0.164. The van der Waals surface area contributed by atoms with Crippen molar-refractivity contribution in [1.82, 2.24) is 0 Å². The first kappa shape index (κ1) is 11.9. The first-order valence-electron chi connectivity index (χ1n) is 5.26. The van der Waals surface area contributed by atoms with Gasteiger partial charge in [0.15, 0.2) is 11.5 Å². The number of aromatic hydroxyl groups is 1. The summed E-state index contributed by atoms with van der Waals surface area (Å²) in [7, 11) is 1.55. The lowest BCUT2D eigenvalue weighted by Crippen LogP contribution is -1.85. The largest absolute Gasteiger partial charge is 0.504 e. The molecule has 0 spiro atoms. The highest BCUT2D eigenvalue weighted by Crippen LogP contribution is 2.31. The molecule has 2 aromatic rings. The van der Waals surface area contributed by atoms with Crippen LogP contribution in [0.5, 0.6) is 11.5 Å². The van der Waals surface area contributed by atoms with Crippen molar-refractivity contribution in [1.29, 1.82) is 0 Å². The zero-order chi connectivity index (χ0) is 12.3. The normalized spacial score (nSPS) is 10.2. The molecule has 0 atom stereocenters. The topological polar surface area (TPSA) is 29.5 Å². The van der Waals surface area contributed by atoms with E-state index in [0.29, 0.717) is 5.75 Å². The van der Waals surface area contributed by atoms with E-state index in [1.165, 1.54) is 4.90 Å². The molecule has 0 saturated heterocycles. The molecule has 0 aromatic heterocycles. The van der Waals surface area contributed by atoms with Crippen molar-refractivity contribution in [2.45, 2.75) is 4.90 Å². The molecular formula is C14H14O2S. The number of phenolic OH excluding ortho intramolecular Hbond substituents is 1. The van der Waals surface area contributed by atoms with Crippen LogP contribution in [-0.4, -0.2) is 18.5 Å². The van der Waals surface area contributed by atoms with Gasteiger partial charge in [-0.15, -0.1) is 11.8 Å². The molecule has 0 amide bonds. The van der Waals surface area contributed by atoms with Crippen molar-refractivity contribution in [2.24, 2.45) is 0 Å². The molecule has 0 radical (unpaired) electrons. The van der Waals surface area contributed by atoms with Crippen LogP contribution in [0.2, 0.25) is 0 Å². The summed E-state index contributed by atoms with van der Waals surface area (Å²) in [6, 6.07) is 13.7. The highest BCUT2D eigenvalue weighted by atomic mass is 32.2. The molecule has 0 aliphatic heterocycles. The number of methoxy groups -OCH3 is 1. The van der Waals surface area contributed by atoms with Gasteiger partial charge in [-0.25, -0.2) is 0 Å². The maximum absolute atomic E-state index is 9.54. The number of benzene rings is 2. The molecule has 0 heterocycles. The van der Waals surface area contributed by atoms with Gasteiger partial charge in [0.05, 0.1) is 7.11 Å². The second kappa shape index (κ2) is 5.15. The third-order valence-electron chi connectivity index (χ3n) is 2.60. The number of rotatable bonds is 3. The van der Waals surface area contributed by atoms with Crippen LogP contribution in [0, 0.1) is 0 Å². The Balaban J connectivity index is 2.38. The van der Waals surface area contributed by atoms with E-state index in [1.54, 1.807) is 24.9 Å². The van der Waals surface area contributed by atoms with Crippen molar-refractivity contribution in [3.05, 3.63) is 42.5 Å². The van der Waals surface area contributed by atoms with Crippen molar-refractivity contribution in [3.8, 4) is 22.6 Å². The van der Waals surface area contributed by atoms with Gasteiger partial charge in [0, 0.05) is 4.90 Å². The van der Waals surface area contributed by atoms with Gasteiger partial charge in [-0.05, 0) is 41.6 Å². The molecule has 2 aromatic carbocycles. The average molecular weight is 246 g/mol. The number of thioether (sulfide) groups is 1. The first-order valence-corrected chi connectivity index (χ1v) is 6.48. The van der Waals surface area contributed by atoms with Crippen molar-refractivity contribution in [3.63, 3.8) is 0 Å². The second-order valence-electron chi connectivity index (χ2n) is 3.62. The van der Waals surface area contributed by atoms with Crippen molar-refractivity contribution in [2.75, 3.05) is 13.4 Å². The van der Waals surface area contributed by atoms with Crippen LogP contribution in [0.4, 0.5) is 0 Å². The fourth-order valence-corrected chi connectivity index (χ4v) is 2.05. The molecule has 17 heavy (non-hydrogen) atoms. The summed E-state index contributed by atoms with van der Waals surface area (Å²) in [5, 5.41) is 9.54. The number of hydrogen-bond acceptors (Lipinski definition) is 3. The van der Waals surface area contributed by atoms with E-state index in [2.05, 4.69) is 30.5 Å². The summed E-state index contributed by atoms with van der Waals surface area (Å²) in [6.07, 6.45) is 2.05. The van der Waals surface area contributed by atoms with Crippen molar-refractivity contribution >= 4 is 11.8 Å². The van der Waals surface area contributed by atoms with Gasteiger partial charge in [0.25, 0.3) is 0 Å². The Morgan fingerprint density at radius 3 is 2.24 bits per heavy atom. The van der Waals surface area contributed by atoms with E-state index in [9.17, 15) is 5.11 Å². The van der Waals surface area contributed by atoms with E-state index < -0.39 is 0 Å². The molecule has 0 bridgehead atoms. The molecule has 3 heteroatoms. The Morgan fingerprint density at radius 1 is 1.00 bits per heavy atom. The van der Waals surface area contributed by atoms with Gasteiger partial charge in [0.1, 0.15) is 0 Å². The zero-order valence-electron chi connectivity index (χ0n) is 9.81. The van der Waals surface area contributed by atoms with Gasteiger partial charge in [-0.3, -0.25) is 0 Å². The summed E-state index contributed by atoms with van der Waals surface area (Å²) in [5.41, 5.74) is 2.15. The Hall–Kier alpha value is -1.61. The number of phenols is 1. The van der Waals surface area contributed by atoms with Crippen LogP contribution in [0.3, 0.4) is 0 Å². The number of hydrogen-bond donors (Lipinski definition) is 1. The van der Waals surface area contributed by atoms with E-state index >= 15 is 0 Å². The molecule has 0 fully saturated rings. The monoisotopic (exact) mass is 246 g/mol. The Kier molecular flexibility index (Phi) is 3.59. The molecule has 0 saturated carbocycles. The molecule has 0 unspecified atom stereocenters. The Morgan fingerprint density at radius 2 is 1.65 bits per heavy atom. The van der Waals surface area contributed by atoms with Crippen LogP contribution in [0.25, 0.3) is 11.1 Å². The first-order chi connectivity index (χ1) is 8.24. The summed E-state index contributed by atoms with van der Waals surface area (Å²) in [6.45, 7) is 0. The highest BCUT2D eigenvalue weighted by molar-refractivity contribution is 7.98. The smallest absolute Gasteiger partial charge is 0.161 e. The highest BCUT2D eigenvalue weighted by Gasteiger charge is 2.04. The molecule has 0 aliphatic carbocycles. The van der Waals surface area contributed by atoms with Gasteiger partial charge in [-0.1, -0.05) is 18.2 Å². The maximum atomic E-state index is 9.54. The van der Waals surface area contributed by atoms with Crippen LogP contribution < -0.4 is 4.74 Å². The van der Waals surface area contributed by atoms with Crippen LogP contribution in [0.1, 0.15) is 0 Å². The fraction of sp³-hybridized carbons (Fsp3) is 0.143. The predicted molar refractivity (Wildman–Crippen MR) is 71.9 cm³/mol. The Bertz CT molecular complexity index is 506. The van der Waals surface area contributed by atoms with E-state index in [0.717, 1.165) is 11.1 Å². The van der Waals surface area contributed by atoms with Gasteiger partial charge >= 0.3 is 0 Å².